The van der Waals surface area contributed by atoms with Gasteiger partial charge in [-0.05, 0) is 24.1 Å². The normalized spacial score (nSPS) is 12.0. The van der Waals surface area contributed by atoms with E-state index in [2.05, 4.69) is 5.32 Å². The number of aliphatic hydroxyl groups is 1. The molecule has 1 aromatic rings. The van der Waals surface area contributed by atoms with Crippen LogP contribution >= 0.6 is 11.6 Å². The maximum absolute atomic E-state index is 12.8. The van der Waals surface area contributed by atoms with E-state index < -0.39 is 5.82 Å². The van der Waals surface area contributed by atoms with Gasteiger partial charge < -0.3 is 15.2 Å². The zero-order valence-electron chi connectivity index (χ0n) is 9.95. The Morgan fingerprint density at radius 3 is 2.94 bits per heavy atom. The summed E-state index contributed by atoms with van der Waals surface area (Å²) in [5.74, 6) is -0.545. The molecule has 1 atom stereocenters. The van der Waals surface area contributed by atoms with Crippen LogP contribution in [0.5, 0.6) is 5.75 Å². The number of rotatable bonds is 6. The largest absolute Gasteiger partial charge is 0.482 e. The number of carbonyl (C=O) groups is 1. The summed E-state index contributed by atoms with van der Waals surface area (Å²) >= 11 is 5.73. The summed E-state index contributed by atoms with van der Waals surface area (Å²) in [7, 11) is 0. The van der Waals surface area contributed by atoms with E-state index in [0.29, 0.717) is 6.54 Å². The van der Waals surface area contributed by atoms with Gasteiger partial charge in [0.05, 0.1) is 5.02 Å². The van der Waals surface area contributed by atoms with Crippen molar-refractivity contribution < 1.29 is 19.0 Å². The van der Waals surface area contributed by atoms with Gasteiger partial charge in [-0.25, -0.2) is 4.39 Å². The van der Waals surface area contributed by atoms with Crippen molar-refractivity contribution in [2.75, 3.05) is 19.8 Å². The molecule has 1 rings (SSSR count). The van der Waals surface area contributed by atoms with Gasteiger partial charge in [-0.2, -0.15) is 0 Å². The molecule has 0 aliphatic rings. The standard InChI is InChI=1S/C12H15ClFNO3/c1-8(6-16)5-15-12(17)7-18-11-3-2-9(14)4-10(11)13/h2-4,8,16H,5-7H2,1H3,(H,15,17). The van der Waals surface area contributed by atoms with Crippen LogP contribution in [-0.2, 0) is 4.79 Å². The van der Waals surface area contributed by atoms with Crippen molar-refractivity contribution in [1.82, 2.24) is 5.32 Å². The number of hydrogen-bond donors (Lipinski definition) is 2. The number of aliphatic hydroxyl groups excluding tert-OH is 1. The average Bonchev–Trinajstić information content (AvgIpc) is 2.34. The van der Waals surface area contributed by atoms with Crippen LogP contribution < -0.4 is 10.1 Å². The maximum Gasteiger partial charge on any atom is 0.257 e. The fourth-order valence-corrected chi connectivity index (χ4v) is 1.36. The molecule has 100 valence electrons. The van der Waals surface area contributed by atoms with Crippen molar-refractivity contribution in [3.8, 4) is 5.75 Å². The molecule has 4 nitrogen and oxygen atoms in total. The van der Waals surface area contributed by atoms with Crippen LogP contribution in [0.4, 0.5) is 4.39 Å². The van der Waals surface area contributed by atoms with Gasteiger partial charge in [-0.3, -0.25) is 4.79 Å². The third kappa shape index (κ3) is 4.89. The van der Waals surface area contributed by atoms with E-state index in [1.165, 1.54) is 12.1 Å². The Hall–Kier alpha value is -1.33. The van der Waals surface area contributed by atoms with Crippen LogP contribution in [0.2, 0.25) is 5.02 Å². The molecular formula is C12H15ClFNO3. The molecule has 0 aromatic heterocycles. The lowest BCUT2D eigenvalue weighted by atomic mass is 10.2. The molecule has 0 fully saturated rings. The van der Waals surface area contributed by atoms with Crippen molar-refractivity contribution in [1.29, 1.82) is 0 Å². The highest BCUT2D eigenvalue weighted by molar-refractivity contribution is 6.32. The lowest BCUT2D eigenvalue weighted by molar-refractivity contribution is -0.123. The molecule has 0 aliphatic heterocycles. The van der Waals surface area contributed by atoms with E-state index in [1.54, 1.807) is 6.92 Å². The van der Waals surface area contributed by atoms with E-state index in [0.717, 1.165) is 6.07 Å². The molecule has 1 unspecified atom stereocenters. The SMILES string of the molecule is CC(CO)CNC(=O)COc1ccc(F)cc1Cl. The van der Waals surface area contributed by atoms with Crippen LogP contribution in [0.1, 0.15) is 6.92 Å². The lowest BCUT2D eigenvalue weighted by Gasteiger charge is -2.11. The summed E-state index contributed by atoms with van der Waals surface area (Å²) in [6, 6.07) is 3.68. The van der Waals surface area contributed by atoms with Gasteiger partial charge in [-0.15, -0.1) is 0 Å². The second-order valence-corrected chi connectivity index (χ2v) is 4.36. The highest BCUT2D eigenvalue weighted by atomic mass is 35.5. The van der Waals surface area contributed by atoms with Crippen molar-refractivity contribution in [2.45, 2.75) is 6.92 Å². The number of ether oxygens (including phenoxy) is 1. The molecular weight excluding hydrogens is 261 g/mol. The molecule has 2 N–H and O–H groups in total. The first-order chi connectivity index (χ1) is 8.52. The number of nitrogens with one attached hydrogen (secondary N) is 1. The summed E-state index contributed by atoms with van der Waals surface area (Å²) in [6.07, 6.45) is 0. The van der Waals surface area contributed by atoms with Crippen LogP contribution in [0.15, 0.2) is 18.2 Å². The number of carbonyl (C=O) groups excluding carboxylic acids is 1. The zero-order valence-corrected chi connectivity index (χ0v) is 10.7. The molecule has 1 aromatic carbocycles. The van der Waals surface area contributed by atoms with Crippen LogP contribution in [-0.4, -0.2) is 30.8 Å². The lowest BCUT2D eigenvalue weighted by Crippen LogP contribution is -2.33. The Balaban J connectivity index is 2.38. The molecule has 0 bridgehead atoms. The Morgan fingerprint density at radius 2 is 2.33 bits per heavy atom. The average molecular weight is 276 g/mol. The molecule has 0 radical (unpaired) electrons. The van der Waals surface area contributed by atoms with E-state index in [-0.39, 0.29) is 35.8 Å². The van der Waals surface area contributed by atoms with E-state index in [9.17, 15) is 9.18 Å². The summed E-state index contributed by atoms with van der Waals surface area (Å²) in [4.78, 5) is 11.4. The van der Waals surface area contributed by atoms with Crippen molar-refractivity contribution in [3.05, 3.63) is 29.0 Å². The number of amides is 1. The Labute approximate surface area is 110 Å². The predicted octanol–water partition coefficient (Wildman–Crippen LogP) is 1.60. The van der Waals surface area contributed by atoms with E-state index >= 15 is 0 Å². The molecule has 6 heteroatoms. The predicted molar refractivity (Wildman–Crippen MR) is 66.2 cm³/mol. The van der Waals surface area contributed by atoms with Gasteiger partial charge in [-0.1, -0.05) is 18.5 Å². The van der Waals surface area contributed by atoms with Gasteiger partial charge in [0.2, 0.25) is 0 Å². The minimum atomic E-state index is -0.464. The smallest absolute Gasteiger partial charge is 0.257 e. The van der Waals surface area contributed by atoms with Gasteiger partial charge in [0, 0.05) is 13.2 Å². The Morgan fingerprint density at radius 1 is 1.61 bits per heavy atom. The Kier molecular flexibility index (Phi) is 5.88. The van der Waals surface area contributed by atoms with Crippen LogP contribution in [0, 0.1) is 11.7 Å². The highest BCUT2D eigenvalue weighted by Gasteiger charge is 2.08. The minimum absolute atomic E-state index is 0.00489. The van der Waals surface area contributed by atoms with Gasteiger partial charge in [0.1, 0.15) is 11.6 Å². The Bertz CT molecular complexity index is 414. The van der Waals surface area contributed by atoms with Gasteiger partial charge >= 0.3 is 0 Å². The van der Waals surface area contributed by atoms with Crippen molar-refractivity contribution in [3.63, 3.8) is 0 Å². The molecule has 0 heterocycles. The fraction of sp³-hybridized carbons (Fsp3) is 0.417. The molecule has 18 heavy (non-hydrogen) atoms. The second-order valence-electron chi connectivity index (χ2n) is 3.96. The quantitative estimate of drug-likeness (QED) is 0.829. The van der Waals surface area contributed by atoms with Gasteiger partial charge in [0.15, 0.2) is 6.61 Å². The monoisotopic (exact) mass is 275 g/mol. The van der Waals surface area contributed by atoms with Crippen molar-refractivity contribution >= 4 is 17.5 Å². The number of halogens is 2. The van der Waals surface area contributed by atoms with Crippen LogP contribution in [0.25, 0.3) is 0 Å². The van der Waals surface area contributed by atoms with Gasteiger partial charge in [0.25, 0.3) is 5.91 Å². The summed E-state index contributed by atoms with van der Waals surface area (Å²) in [6.45, 7) is 1.97. The fourth-order valence-electron chi connectivity index (χ4n) is 1.14. The summed E-state index contributed by atoms with van der Waals surface area (Å²) in [5, 5.41) is 11.5. The first kappa shape index (κ1) is 14.7. The van der Waals surface area contributed by atoms with E-state index in [4.69, 9.17) is 21.4 Å². The molecule has 1 amide bonds. The molecule has 0 aliphatic carbocycles. The van der Waals surface area contributed by atoms with Crippen molar-refractivity contribution in [2.24, 2.45) is 5.92 Å². The highest BCUT2D eigenvalue weighted by Crippen LogP contribution is 2.24. The molecule has 0 saturated carbocycles. The van der Waals surface area contributed by atoms with E-state index in [1.807, 2.05) is 0 Å². The number of hydrogen-bond acceptors (Lipinski definition) is 3. The first-order valence-corrected chi connectivity index (χ1v) is 5.86. The van der Waals surface area contributed by atoms with Crippen LogP contribution in [0.3, 0.4) is 0 Å². The third-order valence-corrected chi connectivity index (χ3v) is 2.51. The molecule has 0 spiro atoms. The maximum atomic E-state index is 12.8. The summed E-state index contributed by atoms with van der Waals surface area (Å²) in [5.41, 5.74) is 0. The molecule has 0 saturated heterocycles. The topological polar surface area (TPSA) is 58.6 Å². The minimum Gasteiger partial charge on any atom is -0.482 e. The number of benzene rings is 1. The first-order valence-electron chi connectivity index (χ1n) is 5.48. The summed E-state index contributed by atoms with van der Waals surface area (Å²) < 4.78 is 17.9. The zero-order chi connectivity index (χ0) is 13.5. The second kappa shape index (κ2) is 7.18. The third-order valence-electron chi connectivity index (χ3n) is 2.21.